The minimum absolute atomic E-state index is 0.135. The zero-order valence-corrected chi connectivity index (χ0v) is 10.5. The van der Waals surface area contributed by atoms with Gasteiger partial charge in [-0.25, -0.2) is 9.78 Å². The van der Waals surface area contributed by atoms with Crippen molar-refractivity contribution >= 4 is 17.5 Å². The Morgan fingerprint density at radius 3 is 2.89 bits per heavy atom. The van der Waals surface area contributed by atoms with Gasteiger partial charge in [-0.3, -0.25) is 10.1 Å². The van der Waals surface area contributed by atoms with E-state index in [4.69, 9.17) is 9.84 Å². The summed E-state index contributed by atoms with van der Waals surface area (Å²) in [6.07, 6.45) is 2.65. The summed E-state index contributed by atoms with van der Waals surface area (Å²) in [5.74, 6) is -1.12. The molecule has 1 aromatic rings. The van der Waals surface area contributed by atoms with E-state index in [2.05, 4.69) is 10.3 Å². The van der Waals surface area contributed by atoms with Crippen LogP contribution in [-0.2, 0) is 4.74 Å². The molecule has 0 aromatic carbocycles. The van der Waals surface area contributed by atoms with Gasteiger partial charge in [-0.2, -0.15) is 0 Å². The molecule has 0 amide bonds. The maximum atomic E-state index is 11.0. The molecule has 0 saturated carbocycles. The van der Waals surface area contributed by atoms with E-state index in [9.17, 15) is 14.9 Å². The van der Waals surface area contributed by atoms with Crippen molar-refractivity contribution in [3.8, 4) is 0 Å². The highest BCUT2D eigenvalue weighted by Crippen LogP contribution is 2.19. The maximum absolute atomic E-state index is 11.0. The van der Waals surface area contributed by atoms with Gasteiger partial charge < -0.3 is 15.2 Å². The first kappa shape index (κ1) is 14.8. The van der Waals surface area contributed by atoms with Gasteiger partial charge in [-0.05, 0) is 12.8 Å². The summed E-state index contributed by atoms with van der Waals surface area (Å²) in [5.41, 5.74) is -0.553. The summed E-state index contributed by atoms with van der Waals surface area (Å²) in [6, 6.07) is 0.993. The lowest BCUT2D eigenvalue weighted by molar-refractivity contribution is -0.385. The molecule has 0 aliphatic carbocycles. The van der Waals surface area contributed by atoms with Crippen molar-refractivity contribution in [1.82, 2.24) is 4.98 Å². The van der Waals surface area contributed by atoms with Crippen LogP contribution in [0.2, 0.25) is 0 Å². The number of aromatic nitrogens is 1. The zero-order chi connectivity index (χ0) is 14.3. The van der Waals surface area contributed by atoms with Gasteiger partial charge in [0.1, 0.15) is 17.6 Å². The first-order valence-corrected chi connectivity index (χ1v) is 5.66. The molecule has 0 aliphatic heterocycles. The summed E-state index contributed by atoms with van der Waals surface area (Å²) in [5, 5.41) is 22.4. The maximum Gasteiger partial charge on any atom is 0.339 e. The summed E-state index contributed by atoms with van der Waals surface area (Å²) >= 11 is 0. The summed E-state index contributed by atoms with van der Waals surface area (Å²) in [4.78, 5) is 24.7. The van der Waals surface area contributed by atoms with Crippen molar-refractivity contribution in [3.63, 3.8) is 0 Å². The second kappa shape index (κ2) is 7.27. The molecule has 0 atom stereocenters. The van der Waals surface area contributed by atoms with E-state index in [0.29, 0.717) is 13.2 Å². The Hall–Kier alpha value is -2.22. The third-order valence-electron chi connectivity index (χ3n) is 2.38. The molecule has 1 rings (SSSR count). The van der Waals surface area contributed by atoms with E-state index in [1.165, 1.54) is 0 Å². The second-order valence-corrected chi connectivity index (χ2v) is 3.78. The van der Waals surface area contributed by atoms with Crippen molar-refractivity contribution in [2.75, 3.05) is 25.6 Å². The number of carboxylic acids is 1. The molecule has 0 spiro atoms. The molecule has 104 valence electrons. The molecule has 0 fully saturated rings. The molecular formula is C11H15N3O5. The van der Waals surface area contributed by atoms with E-state index < -0.39 is 10.9 Å². The number of pyridine rings is 1. The fraction of sp³-hybridized carbons (Fsp3) is 0.455. The largest absolute Gasteiger partial charge is 0.478 e. The van der Waals surface area contributed by atoms with Gasteiger partial charge in [0.25, 0.3) is 5.69 Å². The van der Waals surface area contributed by atoms with E-state index >= 15 is 0 Å². The smallest absolute Gasteiger partial charge is 0.339 e. The molecule has 8 nitrogen and oxygen atoms in total. The molecule has 1 heterocycles. The summed E-state index contributed by atoms with van der Waals surface area (Å²) in [7, 11) is 1.61. The van der Waals surface area contributed by atoms with Crippen LogP contribution in [0.1, 0.15) is 23.2 Å². The first-order valence-electron chi connectivity index (χ1n) is 5.66. The first-order chi connectivity index (χ1) is 9.06. The van der Waals surface area contributed by atoms with Crippen molar-refractivity contribution in [1.29, 1.82) is 0 Å². The van der Waals surface area contributed by atoms with Crippen LogP contribution in [0, 0.1) is 10.1 Å². The number of nitro groups is 1. The van der Waals surface area contributed by atoms with Gasteiger partial charge in [-0.15, -0.1) is 0 Å². The Kier molecular flexibility index (Phi) is 5.68. The van der Waals surface area contributed by atoms with Gasteiger partial charge in [0.15, 0.2) is 0 Å². The molecule has 0 unspecified atom stereocenters. The van der Waals surface area contributed by atoms with Gasteiger partial charge in [0.2, 0.25) is 0 Å². The molecule has 0 aliphatic rings. The molecule has 2 N–H and O–H groups in total. The van der Waals surface area contributed by atoms with Gasteiger partial charge in [0.05, 0.1) is 4.92 Å². The van der Waals surface area contributed by atoms with Gasteiger partial charge >= 0.3 is 5.97 Å². The fourth-order valence-electron chi connectivity index (χ4n) is 1.44. The van der Waals surface area contributed by atoms with E-state index in [1.54, 1.807) is 7.11 Å². The number of hydrogen-bond donors (Lipinski definition) is 2. The number of methoxy groups -OCH3 is 1. The van der Waals surface area contributed by atoms with Crippen LogP contribution in [0.15, 0.2) is 12.3 Å². The molecule has 8 heteroatoms. The minimum atomic E-state index is -1.25. The Morgan fingerprint density at radius 2 is 2.32 bits per heavy atom. The lowest BCUT2D eigenvalue weighted by Gasteiger charge is -2.08. The predicted octanol–water partition coefficient (Wildman–Crippen LogP) is 1.53. The number of nitrogens with zero attached hydrogens (tertiary/aromatic N) is 2. The van der Waals surface area contributed by atoms with E-state index in [0.717, 1.165) is 25.1 Å². The number of ether oxygens (including phenoxy) is 1. The molecular weight excluding hydrogens is 254 g/mol. The number of unbranched alkanes of at least 4 members (excludes halogenated alkanes) is 1. The highest BCUT2D eigenvalue weighted by Gasteiger charge is 2.17. The molecule has 0 radical (unpaired) electrons. The summed E-state index contributed by atoms with van der Waals surface area (Å²) < 4.78 is 4.89. The zero-order valence-electron chi connectivity index (χ0n) is 10.5. The number of rotatable bonds is 8. The van der Waals surface area contributed by atoms with Crippen LogP contribution in [0.5, 0.6) is 0 Å². The van der Waals surface area contributed by atoms with Crippen LogP contribution in [0.4, 0.5) is 11.5 Å². The Bertz CT molecular complexity index is 464. The third-order valence-corrected chi connectivity index (χ3v) is 2.38. The number of hydrogen-bond acceptors (Lipinski definition) is 6. The number of anilines is 1. The normalized spacial score (nSPS) is 10.2. The van der Waals surface area contributed by atoms with Crippen LogP contribution in [0.3, 0.4) is 0 Å². The Morgan fingerprint density at radius 1 is 1.58 bits per heavy atom. The van der Waals surface area contributed by atoms with Crippen molar-refractivity contribution < 1.29 is 19.6 Å². The quantitative estimate of drug-likeness (QED) is 0.417. The number of carbonyl (C=O) groups is 1. The Balaban J connectivity index is 2.71. The fourth-order valence-corrected chi connectivity index (χ4v) is 1.44. The van der Waals surface area contributed by atoms with Crippen molar-refractivity contribution in [3.05, 3.63) is 27.9 Å². The molecule has 1 aromatic heterocycles. The lowest BCUT2D eigenvalue weighted by Crippen LogP contribution is -2.10. The minimum Gasteiger partial charge on any atom is -0.478 e. The predicted molar refractivity (Wildman–Crippen MR) is 67.5 cm³/mol. The lowest BCUT2D eigenvalue weighted by atomic mass is 10.2. The average Bonchev–Trinajstić information content (AvgIpc) is 2.38. The highest BCUT2D eigenvalue weighted by atomic mass is 16.6. The number of carboxylic acid groups (broad SMARTS) is 1. The van der Waals surface area contributed by atoms with Crippen LogP contribution >= 0.6 is 0 Å². The van der Waals surface area contributed by atoms with Gasteiger partial charge in [-0.1, -0.05) is 0 Å². The number of aromatic carboxylic acids is 1. The molecule has 0 saturated heterocycles. The van der Waals surface area contributed by atoms with Crippen LogP contribution in [-0.4, -0.2) is 41.2 Å². The Labute approximate surface area is 109 Å². The third kappa shape index (κ3) is 4.51. The number of nitrogens with one attached hydrogen (secondary N) is 1. The average molecular weight is 269 g/mol. The van der Waals surface area contributed by atoms with Gasteiger partial charge in [0, 0.05) is 26.3 Å². The second-order valence-electron chi connectivity index (χ2n) is 3.78. The molecule has 0 bridgehead atoms. The SMILES string of the molecule is COCCCCNc1ncc([N+](=O)[O-])cc1C(=O)O. The van der Waals surface area contributed by atoms with Crippen molar-refractivity contribution in [2.45, 2.75) is 12.8 Å². The van der Waals surface area contributed by atoms with E-state index in [-0.39, 0.29) is 17.1 Å². The summed E-state index contributed by atoms with van der Waals surface area (Å²) in [6.45, 7) is 1.15. The molecule has 19 heavy (non-hydrogen) atoms. The van der Waals surface area contributed by atoms with Crippen molar-refractivity contribution in [2.24, 2.45) is 0 Å². The monoisotopic (exact) mass is 269 g/mol. The van der Waals surface area contributed by atoms with Crippen LogP contribution in [0.25, 0.3) is 0 Å². The standard InChI is InChI=1S/C11H15N3O5/c1-19-5-3-2-4-12-10-9(11(15)16)6-8(7-13-10)14(17)18/h6-7H,2-5H2,1H3,(H,12,13)(H,15,16). The highest BCUT2D eigenvalue weighted by molar-refractivity contribution is 5.93. The van der Waals surface area contributed by atoms with Crippen LogP contribution < -0.4 is 5.32 Å². The van der Waals surface area contributed by atoms with E-state index in [1.807, 2.05) is 0 Å². The topological polar surface area (TPSA) is 115 Å².